The number of hydrogen-bond acceptors (Lipinski definition) is 2. The Morgan fingerprint density at radius 3 is 2.61 bits per heavy atom. The van der Waals surface area contributed by atoms with E-state index in [1.54, 1.807) is 0 Å². The first-order valence-electron chi connectivity index (χ1n) is 6.53. The lowest BCUT2D eigenvalue weighted by molar-refractivity contribution is 0.0435. The van der Waals surface area contributed by atoms with E-state index in [-0.39, 0.29) is 0 Å². The maximum atomic E-state index is 5.95. The molecule has 1 saturated heterocycles. The van der Waals surface area contributed by atoms with Gasteiger partial charge in [-0.05, 0) is 44.4 Å². The van der Waals surface area contributed by atoms with Gasteiger partial charge in [-0.15, -0.1) is 0 Å². The highest BCUT2D eigenvalue weighted by atomic mass is 79.9. The average Bonchev–Trinajstić information content (AvgIpc) is 2.31. The first-order chi connectivity index (χ1) is 8.58. The van der Waals surface area contributed by atoms with E-state index in [1.807, 2.05) is 12.1 Å². The molecule has 0 amide bonds. The van der Waals surface area contributed by atoms with Crippen molar-refractivity contribution in [1.29, 1.82) is 0 Å². The normalized spacial score (nSPS) is 25.3. The molecule has 1 aromatic rings. The van der Waals surface area contributed by atoms with Crippen LogP contribution in [-0.4, -0.2) is 17.1 Å². The summed E-state index contributed by atoms with van der Waals surface area (Å²) in [6.45, 7) is 5.42. The molecule has 0 aromatic heterocycles. The van der Waals surface area contributed by atoms with Gasteiger partial charge in [0.2, 0.25) is 0 Å². The summed E-state index contributed by atoms with van der Waals surface area (Å²) in [7, 11) is 0. The van der Waals surface area contributed by atoms with Crippen LogP contribution in [0.5, 0.6) is 0 Å². The summed E-state index contributed by atoms with van der Waals surface area (Å²) in [6.07, 6.45) is 3.89. The van der Waals surface area contributed by atoms with Gasteiger partial charge < -0.3 is 0 Å². The highest BCUT2D eigenvalue weighted by molar-refractivity contribution is 9.10. The van der Waals surface area contributed by atoms with Crippen molar-refractivity contribution in [3.05, 3.63) is 33.3 Å². The minimum Gasteiger partial charge on any atom is -0.250 e. The molecule has 100 valence electrons. The van der Waals surface area contributed by atoms with Gasteiger partial charge in [-0.2, -0.15) is 0 Å². The van der Waals surface area contributed by atoms with Crippen molar-refractivity contribution < 1.29 is 0 Å². The Balaban J connectivity index is 1.97. The van der Waals surface area contributed by atoms with Gasteiger partial charge in [0, 0.05) is 28.1 Å². The molecular formula is C14H20BrClN2. The average molecular weight is 332 g/mol. The lowest BCUT2D eigenvalue weighted by Crippen LogP contribution is -2.51. The van der Waals surface area contributed by atoms with Crippen molar-refractivity contribution >= 4 is 27.5 Å². The maximum absolute atomic E-state index is 5.95. The summed E-state index contributed by atoms with van der Waals surface area (Å²) in [6, 6.07) is 7.17. The molecule has 1 aliphatic rings. The van der Waals surface area contributed by atoms with Crippen molar-refractivity contribution in [1.82, 2.24) is 10.4 Å². The third-order valence-electron chi connectivity index (χ3n) is 3.66. The van der Waals surface area contributed by atoms with Gasteiger partial charge in [-0.25, -0.2) is 5.01 Å². The summed E-state index contributed by atoms with van der Waals surface area (Å²) >= 11 is 9.51. The van der Waals surface area contributed by atoms with Gasteiger partial charge in [0.25, 0.3) is 0 Å². The molecular weight excluding hydrogens is 312 g/mol. The summed E-state index contributed by atoms with van der Waals surface area (Å²) in [5.74, 6) is 0. The third kappa shape index (κ3) is 3.47. The molecule has 2 atom stereocenters. The second-order valence-electron chi connectivity index (χ2n) is 5.11. The Labute approximate surface area is 123 Å². The highest BCUT2D eigenvalue weighted by Gasteiger charge is 2.24. The third-order valence-corrected chi connectivity index (χ3v) is 4.63. The summed E-state index contributed by atoms with van der Waals surface area (Å²) in [4.78, 5) is 0. The highest BCUT2D eigenvalue weighted by Crippen LogP contribution is 2.23. The van der Waals surface area contributed by atoms with Gasteiger partial charge in [0.1, 0.15) is 0 Å². The molecule has 18 heavy (non-hydrogen) atoms. The van der Waals surface area contributed by atoms with Crippen LogP contribution in [0.25, 0.3) is 0 Å². The predicted octanol–water partition coefficient (Wildman–Crippen LogP) is 4.37. The van der Waals surface area contributed by atoms with Crippen molar-refractivity contribution in [2.24, 2.45) is 0 Å². The van der Waals surface area contributed by atoms with Crippen LogP contribution in [0, 0.1) is 0 Å². The monoisotopic (exact) mass is 330 g/mol. The Kier molecular flexibility index (Phi) is 5.07. The lowest BCUT2D eigenvalue weighted by atomic mass is 10.00. The van der Waals surface area contributed by atoms with E-state index in [0.29, 0.717) is 12.1 Å². The van der Waals surface area contributed by atoms with Crippen LogP contribution in [0.4, 0.5) is 0 Å². The molecule has 1 aromatic carbocycles. The molecule has 0 bridgehead atoms. The zero-order chi connectivity index (χ0) is 13.1. The van der Waals surface area contributed by atoms with E-state index in [9.17, 15) is 0 Å². The van der Waals surface area contributed by atoms with Crippen molar-refractivity contribution in [3.63, 3.8) is 0 Å². The second kappa shape index (κ2) is 6.38. The quantitative estimate of drug-likeness (QED) is 0.884. The standard InChI is InChI=1S/C14H20BrClN2/c1-10-4-3-5-11(2)18(10)17-9-12-6-7-13(16)8-14(12)15/h6-8,10-11,17H,3-5,9H2,1-2H3. The number of rotatable bonds is 3. The number of piperidine rings is 1. The molecule has 2 nitrogen and oxygen atoms in total. The lowest BCUT2D eigenvalue weighted by Gasteiger charge is -2.39. The zero-order valence-electron chi connectivity index (χ0n) is 10.9. The number of benzene rings is 1. The molecule has 1 fully saturated rings. The van der Waals surface area contributed by atoms with Crippen molar-refractivity contribution in [3.8, 4) is 0 Å². The molecule has 0 spiro atoms. The van der Waals surface area contributed by atoms with Crippen LogP contribution >= 0.6 is 27.5 Å². The van der Waals surface area contributed by atoms with Crippen LogP contribution in [0.1, 0.15) is 38.7 Å². The van der Waals surface area contributed by atoms with Crippen molar-refractivity contribution in [2.45, 2.75) is 51.7 Å². The Bertz CT molecular complexity index is 401. The number of hydrogen-bond donors (Lipinski definition) is 1. The topological polar surface area (TPSA) is 15.3 Å². The van der Waals surface area contributed by atoms with Gasteiger partial charge >= 0.3 is 0 Å². The molecule has 1 N–H and O–H groups in total. The molecule has 1 heterocycles. The fourth-order valence-corrected chi connectivity index (χ4v) is 3.40. The van der Waals surface area contributed by atoms with E-state index in [4.69, 9.17) is 11.6 Å². The van der Waals surface area contributed by atoms with Crippen LogP contribution in [0.2, 0.25) is 5.02 Å². The maximum Gasteiger partial charge on any atom is 0.0417 e. The molecule has 0 saturated carbocycles. The van der Waals surface area contributed by atoms with Crippen LogP contribution in [0.3, 0.4) is 0 Å². The van der Waals surface area contributed by atoms with Gasteiger partial charge in [0.15, 0.2) is 0 Å². The fraction of sp³-hybridized carbons (Fsp3) is 0.571. The molecule has 4 heteroatoms. The predicted molar refractivity (Wildman–Crippen MR) is 80.6 cm³/mol. The number of nitrogens with zero attached hydrogens (tertiary/aromatic N) is 1. The smallest absolute Gasteiger partial charge is 0.0417 e. The summed E-state index contributed by atoms with van der Waals surface area (Å²) in [5.41, 5.74) is 4.80. The van der Waals surface area contributed by atoms with E-state index < -0.39 is 0 Å². The molecule has 1 aliphatic heterocycles. The van der Waals surface area contributed by atoms with Gasteiger partial charge in [-0.3, -0.25) is 5.43 Å². The first-order valence-corrected chi connectivity index (χ1v) is 7.71. The van der Waals surface area contributed by atoms with E-state index in [1.165, 1.54) is 24.8 Å². The zero-order valence-corrected chi connectivity index (χ0v) is 13.3. The van der Waals surface area contributed by atoms with Gasteiger partial charge in [0.05, 0.1) is 0 Å². The minimum atomic E-state index is 0.611. The summed E-state index contributed by atoms with van der Waals surface area (Å²) < 4.78 is 1.07. The van der Waals surface area contributed by atoms with Gasteiger partial charge in [-0.1, -0.05) is 40.0 Å². The van der Waals surface area contributed by atoms with E-state index in [2.05, 4.69) is 46.3 Å². The van der Waals surface area contributed by atoms with Crippen LogP contribution in [-0.2, 0) is 6.54 Å². The largest absolute Gasteiger partial charge is 0.250 e. The minimum absolute atomic E-state index is 0.611. The summed E-state index contributed by atoms with van der Waals surface area (Å²) in [5, 5.41) is 3.16. The van der Waals surface area contributed by atoms with Crippen molar-refractivity contribution in [2.75, 3.05) is 0 Å². The molecule has 2 unspecified atom stereocenters. The first kappa shape index (κ1) is 14.3. The Hall–Kier alpha value is -0.0900. The molecule has 0 aliphatic carbocycles. The van der Waals surface area contributed by atoms with E-state index in [0.717, 1.165) is 16.0 Å². The van der Waals surface area contributed by atoms with Crippen LogP contribution in [0.15, 0.2) is 22.7 Å². The molecule has 2 rings (SSSR count). The Morgan fingerprint density at radius 2 is 2.00 bits per heavy atom. The number of hydrazine groups is 1. The van der Waals surface area contributed by atoms with Crippen LogP contribution < -0.4 is 5.43 Å². The van der Waals surface area contributed by atoms with E-state index >= 15 is 0 Å². The number of halogens is 2. The Morgan fingerprint density at radius 1 is 1.33 bits per heavy atom. The number of nitrogens with one attached hydrogen (secondary N) is 1. The fourth-order valence-electron chi connectivity index (χ4n) is 2.57. The molecule has 0 radical (unpaired) electrons. The second-order valence-corrected chi connectivity index (χ2v) is 6.40. The SMILES string of the molecule is CC1CCCC(C)N1NCc1ccc(Cl)cc1Br.